The van der Waals surface area contributed by atoms with E-state index in [0.29, 0.717) is 36.0 Å². The minimum absolute atomic E-state index is 0.0290. The lowest BCUT2D eigenvalue weighted by molar-refractivity contribution is -0.117. The molecule has 1 atom stereocenters. The molecule has 1 aromatic heterocycles. The van der Waals surface area contributed by atoms with Gasteiger partial charge >= 0.3 is 0 Å². The number of hydrogen-bond acceptors (Lipinski definition) is 4. The molecule has 0 saturated carbocycles. The van der Waals surface area contributed by atoms with Crippen LogP contribution in [-0.4, -0.2) is 35.7 Å². The number of ether oxygens (including phenoxy) is 2. The second kappa shape index (κ2) is 9.77. The zero-order valence-corrected chi connectivity index (χ0v) is 19.7. The average molecular weight is 476 g/mol. The van der Waals surface area contributed by atoms with E-state index >= 15 is 0 Å². The first kappa shape index (κ1) is 22.3. The predicted molar refractivity (Wildman–Crippen MR) is 134 cm³/mol. The van der Waals surface area contributed by atoms with Crippen LogP contribution in [0.2, 0.25) is 5.02 Å². The van der Waals surface area contributed by atoms with E-state index in [-0.39, 0.29) is 11.8 Å². The topological polar surface area (TPSA) is 56.6 Å². The standard InChI is InChI=1S/C27H26ClN3O3/c1-33-25-13-12-20(28)17-24(25)31-18-19(16-26(31)32)27-29-22-10-5-6-11-23(22)30(27)14-7-15-34-21-8-3-2-4-9-21/h2-6,8-13,17,19H,7,14-16,18H2,1H3/t19-/m1/s1. The fourth-order valence-corrected chi connectivity index (χ4v) is 4.72. The van der Waals surface area contributed by atoms with Crippen molar-refractivity contribution in [3.63, 3.8) is 0 Å². The zero-order chi connectivity index (χ0) is 23.5. The van der Waals surface area contributed by atoms with Gasteiger partial charge in [0.05, 0.1) is 30.4 Å². The summed E-state index contributed by atoms with van der Waals surface area (Å²) in [4.78, 5) is 19.8. The molecule has 34 heavy (non-hydrogen) atoms. The van der Waals surface area contributed by atoms with Gasteiger partial charge in [-0.3, -0.25) is 4.79 Å². The lowest BCUT2D eigenvalue weighted by atomic mass is 10.1. The summed E-state index contributed by atoms with van der Waals surface area (Å²) in [6.07, 6.45) is 1.22. The number of imidazole rings is 1. The number of aromatic nitrogens is 2. The molecule has 174 valence electrons. The third kappa shape index (κ3) is 4.46. The van der Waals surface area contributed by atoms with Gasteiger partial charge in [0.15, 0.2) is 0 Å². The number of aryl methyl sites for hydroxylation is 1. The Labute approximate surface area is 203 Å². The molecule has 6 nitrogen and oxygen atoms in total. The van der Waals surface area contributed by atoms with Gasteiger partial charge in [-0.25, -0.2) is 4.98 Å². The van der Waals surface area contributed by atoms with Gasteiger partial charge < -0.3 is 18.9 Å². The molecule has 0 spiro atoms. The first-order valence-corrected chi connectivity index (χ1v) is 11.8. The molecule has 5 rings (SSSR count). The highest BCUT2D eigenvalue weighted by Gasteiger charge is 2.36. The SMILES string of the molecule is COc1ccc(Cl)cc1N1C[C@H](c2nc3ccccc3n2CCCOc2ccccc2)CC1=O. The number of carbonyl (C=O) groups is 1. The van der Waals surface area contributed by atoms with Crippen molar-refractivity contribution in [2.75, 3.05) is 25.2 Å². The van der Waals surface area contributed by atoms with Gasteiger partial charge in [-0.05, 0) is 48.9 Å². The summed E-state index contributed by atoms with van der Waals surface area (Å²) in [5, 5.41) is 0.567. The molecule has 7 heteroatoms. The fourth-order valence-electron chi connectivity index (χ4n) is 4.56. The largest absolute Gasteiger partial charge is 0.495 e. The smallest absolute Gasteiger partial charge is 0.227 e. The maximum Gasteiger partial charge on any atom is 0.227 e. The van der Waals surface area contributed by atoms with Gasteiger partial charge in [0.2, 0.25) is 5.91 Å². The Morgan fingerprint density at radius 1 is 1.06 bits per heavy atom. The summed E-state index contributed by atoms with van der Waals surface area (Å²) >= 11 is 6.23. The Kier molecular flexibility index (Phi) is 6.41. The van der Waals surface area contributed by atoms with Crippen LogP contribution in [0.3, 0.4) is 0 Å². The van der Waals surface area contributed by atoms with Gasteiger partial charge in [0.1, 0.15) is 17.3 Å². The number of rotatable bonds is 8. The summed E-state index contributed by atoms with van der Waals surface area (Å²) in [5.74, 6) is 2.43. The molecule has 0 N–H and O–H groups in total. The number of fused-ring (bicyclic) bond motifs is 1. The highest BCUT2D eigenvalue weighted by atomic mass is 35.5. The fraction of sp³-hybridized carbons (Fsp3) is 0.259. The number of hydrogen-bond donors (Lipinski definition) is 0. The average Bonchev–Trinajstić information content (AvgIpc) is 3.43. The highest BCUT2D eigenvalue weighted by molar-refractivity contribution is 6.31. The minimum atomic E-state index is -0.0290. The molecule has 1 fully saturated rings. The Bertz CT molecular complexity index is 1310. The van der Waals surface area contributed by atoms with Crippen LogP contribution in [0.5, 0.6) is 11.5 Å². The Morgan fingerprint density at radius 3 is 2.68 bits per heavy atom. The van der Waals surface area contributed by atoms with E-state index in [0.717, 1.165) is 35.6 Å². The number of methoxy groups -OCH3 is 1. The van der Waals surface area contributed by atoms with Crippen molar-refractivity contribution in [1.82, 2.24) is 9.55 Å². The first-order valence-electron chi connectivity index (χ1n) is 11.4. The molecule has 1 aliphatic heterocycles. The van der Waals surface area contributed by atoms with Crippen LogP contribution >= 0.6 is 11.6 Å². The van der Waals surface area contributed by atoms with Gasteiger partial charge in [-0.1, -0.05) is 41.9 Å². The summed E-state index contributed by atoms with van der Waals surface area (Å²) < 4.78 is 13.6. The molecule has 0 bridgehead atoms. The van der Waals surface area contributed by atoms with Gasteiger partial charge in [-0.15, -0.1) is 0 Å². The number of benzene rings is 3. The van der Waals surface area contributed by atoms with Crippen LogP contribution in [0.1, 0.15) is 24.6 Å². The van der Waals surface area contributed by atoms with Gasteiger partial charge in [0, 0.05) is 30.5 Å². The van der Waals surface area contributed by atoms with Crippen molar-refractivity contribution in [3.05, 3.63) is 83.6 Å². The maximum atomic E-state index is 13.1. The first-order chi connectivity index (χ1) is 16.6. The van der Waals surface area contributed by atoms with Crippen LogP contribution in [-0.2, 0) is 11.3 Å². The lowest BCUT2D eigenvalue weighted by Crippen LogP contribution is -2.25. The number of amides is 1. The van der Waals surface area contributed by atoms with Crippen molar-refractivity contribution in [3.8, 4) is 11.5 Å². The molecular weight excluding hydrogens is 450 g/mol. The normalized spacial score (nSPS) is 15.8. The third-order valence-corrected chi connectivity index (χ3v) is 6.38. The molecule has 3 aromatic carbocycles. The maximum absolute atomic E-state index is 13.1. The Morgan fingerprint density at radius 2 is 1.85 bits per heavy atom. The van der Waals surface area contributed by atoms with E-state index in [1.165, 1.54) is 0 Å². The van der Waals surface area contributed by atoms with E-state index in [1.54, 1.807) is 30.2 Å². The summed E-state index contributed by atoms with van der Waals surface area (Å²) in [6, 6.07) is 23.3. The molecule has 1 amide bonds. The number of halogens is 1. The summed E-state index contributed by atoms with van der Waals surface area (Å²) in [6.45, 7) is 1.89. The molecular formula is C27H26ClN3O3. The number of nitrogens with zero attached hydrogens (tertiary/aromatic N) is 3. The summed E-state index contributed by atoms with van der Waals surface area (Å²) in [5.41, 5.74) is 2.71. The molecule has 4 aromatic rings. The lowest BCUT2D eigenvalue weighted by Gasteiger charge is -2.20. The quantitative estimate of drug-likeness (QED) is 0.307. The van der Waals surface area contributed by atoms with Crippen LogP contribution in [0.25, 0.3) is 11.0 Å². The van der Waals surface area contributed by atoms with E-state index < -0.39 is 0 Å². The molecule has 0 radical (unpaired) electrons. The van der Waals surface area contributed by atoms with Gasteiger partial charge in [-0.2, -0.15) is 0 Å². The zero-order valence-electron chi connectivity index (χ0n) is 19.0. The van der Waals surface area contributed by atoms with E-state index in [4.69, 9.17) is 26.1 Å². The van der Waals surface area contributed by atoms with Crippen molar-refractivity contribution in [2.24, 2.45) is 0 Å². The van der Waals surface area contributed by atoms with Crippen molar-refractivity contribution < 1.29 is 14.3 Å². The molecule has 2 heterocycles. The van der Waals surface area contributed by atoms with Crippen LogP contribution in [0.15, 0.2) is 72.8 Å². The minimum Gasteiger partial charge on any atom is -0.495 e. The Balaban J connectivity index is 1.38. The second-order valence-corrected chi connectivity index (χ2v) is 8.78. The molecule has 0 aliphatic carbocycles. The third-order valence-electron chi connectivity index (χ3n) is 6.14. The molecule has 0 unspecified atom stereocenters. The number of anilines is 1. The number of para-hydroxylation sites is 3. The van der Waals surface area contributed by atoms with Gasteiger partial charge in [0.25, 0.3) is 0 Å². The highest BCUT2D eigenvalue weighted by Crippen LogP contribution is 2.38. The van der Waals surface area contributed by atoms with Crippen LogP contribution < -0.4 is 14.4 Å². The Hall–Kier alpha value is -3.51. The van der Waals surface area contributed by atoms with Crippen molar-refractivity contribution >= 4 is 34.2 Å². The summed E-state index contributed by atoms with van der Waals surface area (Å²) in [7, 11) is 1.60. The second-order valence-electron chi connectivity index (χ2n) is 8.35. The van der Waals surface area contributed by atoms with Crippen LogP contribution in [0.4, 0.5) is 5.69 Å². The van der Waals surface area contributed by atoms with Crippen molar-refractivity contribution in [1.29, 1.82) is 0 Å². The number of carbonyl (C=O) groups excluding carboxylic acids is 1. The van der Waals surface area contributed by atoms with E-state index in [1.807, 2.05) is 48.5 Å². The van der Waals surface area contributed by atoms with Crippen molar-refractivity contribution in [2.45, 2.75) is 25.3 Å². The van der Waals surface area contributed by atoms with Crippen LogP contribution in [0, 0.1) is 0 Å². The molecule has 1 aliphatic rings. The molecule has 1 saturated heterocycles. The van der Waals surface area contributed by atoms with E-state index in [9.17, 15) is 4.79 Å². The van der Waals surface area contributed by atoms with E-state index in [2.05, 4.69) is 10.6 Å². The predicted octanol–water partition coefficient (Wildman–Crippen LogP) is 5.69. The monoisotopic (exact) mass is 475 g/mol.